The van der Waals surface area contributed by atoms with E-state index in [9.17, 15) is 14.4 Å². The molecule has 2 aromatic rings. The lowest BCUT2D eigenvalue weighted by molar-refractivity contribution is -0.120. The fraction of sp³-hybridized carbons (Fsp3) is 0.400. The van der Waals surface area contributed by atoms with Gasteiger partial charge < -0.3 is 20.3 Å². The van der Waals surface area contributed by atoms with Crippen molar-refractivity contribution in [1.82, 2.24) is 4.90 Å². The van der Waals surface area contributed by atoms with Crippen LogP contribution in [0.1, 0.15) is 49.4 Å². The molecule has 0 unspecified atom stereocenters. The number of nitrogens with one attached hydrogen (secondary N) is 2. The Labute approximate surface area is 188 Å². The van der Waals surface area contributed by atoms with Gasteiger partial charge in [-0.3, -0.25) is 14.4 Å². The number of benzene rings is 2. The highest BCUT2D eigenvalue weighted by molar-refractivity contribution is 6.03. The van der Waals surface area contributed by atoms with E-state index in [1.165, 1.54) is 6.92 Å². The molecule has 0 aromatic heterocycles. The molecule has 168 valence electrons. The SMILES string of the molecule is COc1ccccc1C(=O)N1[C@@H]2CCCC[C@H]2C[C@H]1C(=O)Nc1ccc(NC(C)=O)cc1. The molecule has 1 heterocycles. The summed E-state index contributed by atoms with van der Waals surface area (Å²) in [5.74, 6) is 0.360. The van der Waals surface area contributed by atoms with Crippen molar-refractivity contribution in [2.75, 3.05) is 17.7 Å². The molecule has 2 fully saturated rings. The summed E-state index contributed by atoms with van der Waals surface area (Å²) < 4.78 is 5.41. The summed E-state index contributed by atoms with van der Waals surface area (Å²) in [5.41, 5.74) is 1.78. The Bertz CT molecular complexity index is 1000. The van der Waals surface area contributed by atoms with Gasteiger partial charge in [0.05, 0.1) is 12.7 Å². The Morgan fingerprint density at radius 2 is 1.59 bits per heavy atom. The minimum atomic E-state index is -0.532. The molecule has 4 rings (SSSR count). The molecule has 1 aliphatic heterocycles. The van der Waals surface area contributed by atoms with E-state index in [1.54, 1.807) is 48.4 Å². The number of methoxy groups -OCH3 is 1. The summed E-state index contributed by atoms with van der Waals surface area (Å²) in [7, 11) is 1.55. The van der Waals surface area contributed by atoms with Gasteiger partial charge in [-0.2, -0.15) is 0 Å². The maximum absolute atomic E-state index is 13.6. The quantitative estimate of drug-likeness (QED) is 0.741. The normalized spacial score (nSPS) is 22.1. The van der Waals surface area contributed by atoms with Crippen LogP contribution in [-0.2, 0) is 9.59 Å². The summed E-state index contributed by atoms with van der Waals surface area (Å²) >= 11 is 0. The Hall–Kier alpha value is -3.35. The molecular formula is C25H29N3O4. The van der Waals surface area contributed by atoms with Crippen molar-refractivity contribution < 1.29 is 19.1 Å². The second-order valence-electron chi connectivity index (χ2n) is 8.52. The highest BCUT2D eigenvalue weighted by Crippen LogP contribution is 2.41. The maximum Gasteiger partial charge on any atom is 0.258 e. The summed E-state index contributed by atoms with van der Waals surface area (Å²) in [4.78, 5) is 39.9. The third-order valence-electron chi connectivity index (χ3n) is 6.44. The van der Waals surface area contributed by atoms with Crippen LogP contribution in [0.5, 0.6) is 5.75 Å². The number of para-hydroxylation sites is 1. The molecule has 7 heteroatoms. The number of nitrogens with zero attached hydrogens (tertiary/aromatic N) is 1. The number of amides is 3. The Morgan fingerprint density at radius 3 is 2.28 bits per heavy atom. The first-order chi connectivity index (χ1) is 15.5. The number of hydrogen-bond acceptors (Lipinski definition) is 4. The van der Waals surface area contributed by atoms with Crippen LogP contribution in [0.2, 0.25) is 0 Å². The summed E-state index contributed by atoms with van der Waals surface area (Å²) in [5, 5.41) is 5.67. The van der Waals surface area contributed by atoms with E-state index in [1.807, 2.05) is 12.1 Å². The maximum atomic E-state index is 13.6. The lowest BCUT2D eigenvalue weighted by Gasteiger charge is -2.34. The number of anilines is 2. The minimum Gasteiger partial charge on any atom is -0.496 e. The van der Waals surface area contributed by atoms with Gasteiger partial charge in [-0.1, -0.05) is 25.0 Å². The highest BCUT2D eigenvalue weighted by atomic mass is 16.5. The van der Waals surface area contributed by atoms with Gasteiger partial charge >= 0.3 is 0 Å². The van der Waals surface area contributed by atoms with Crippen LogP contribution in [0.3, 0.4) is 0 Å². The zero-order valence-corrected chi connectivity index (χ0v) is 18.5. The molecule has 0 radical (unpaired) electrons. The average molecular weight is 436 g/mol. The molecule has 1 aliphatic carbocycles. The molecule has 0 bridgehead atoms. The van der Waals surface area contributed by atoms with Gasteiger partial charge in [0, 0.05) is 24.3 Å². The van der Waals surface area contributed by atoms with Gasteiger partial charge in [0.1, 0.15) is 11.8 Å². The van der Waals surface area contributed by atoms with E-state index in [0.29, 0.717) is 35.0 Å². The third-order valence-corrected chi connectivity index (χ3v) is 6.44. The number of carbonyl (C=O) groups excluding carboxylic acids is 3. The van der Waals surface area contributed by atoms with Crippen LogP contribution in [0.4, 0.5) is 11.4 Å². The molecule has 7 nitrogen and oxygen atoms in total. The molecule has 2 aromatic carbocycles. The van der Waals surface area contributed by atoms with E-state index in [2.05, 4.69) is 10.6 Å². The molecule has 3 amide bonds. The van der Waals surface area contributed by atoms with E-state index in [-0.39, 0.29) is 23.8 Å². The largest absolute Gasteiger partial charge is 0.496 e. The van der Waals surface area contributed by atoms with Crippen molar-refractivity contribution in [3.8, 4) is 5.75 Å². The van der Waals surface area contributed by atoms with Gasteiger partial charge in [0.2, 0.25) is 11.8 Å². The van der Waals surface area contributed by atoms with Crippen LogP contribution in [0.15, 0.2) is 48.5 Å². The Kier molecular flexibility index (Phi) is 6.44. The minimum absolute atomic E-state index is 0.0686. The molecule has 1 saturated carbocycles. The monoisotopic (exact) mass is 435 g/mol. The lowest BCUT2D eigenvalue weighted by Crippen LogP contribution is -2.47. The number of ether oxygens (including phenoxy) is 1. The van der Waals surface area contributed by atoms with Crippen LogP contribution in [-0.4, -0.2) is 41.8 Å². The van der Waals surface area contributed by atoms with Gasteiger partial charge in [0.15, 0.2) is 0 Å². The van der Waals surface area contributed by atoms with Gasteiger partial charge in [-0.25, -0.2) is 0 Å². The zero-order valence-electron chi connectivity index (χ0n) is 18.5. The van der Waals surface area contributed by atoms with E-state index in [0.717, 1.165) is 25.7 Å². The summed E-state index contributed by atoms with van der Waals surface area (Å²) in [6, 6.07) is 13.7. The van der Waals surface area contributed by atoms with Gasteiger partial charge in [-0.15, -0.1) is 0 Å². The van der Waals surface area contributed by atoms with Crippen LogP contribution < -0.4 is 15.4 Å². The first-order valence-corrected chi connectivity index (χ1v) is 11.1. The van der Waals surface area contributed by atoms with Crippen molar-refractivity contribution in [1.29, 1.82) is 0 Å². The second kappa shape index (κ2) is 9.42. The lowest BCUT2D eigenvalue weighted by atomic mass is 9.84. The highest BCUT2D eigenvalue weighted by Gasteiger charge is 2.47. The fourth-order valence-electron chi connectivity index (χ4n) is 5.01. The molecular weight excluding hydrogens is 406 g/mol. The predicted molar refractivity (Wildman–Crippen MR) is 123 cm³/mol. The number of fused-ring (bicyclic) bond motifs is 1. The van der Waals surface area contributed by atoms with Gasteiger partial charge in [0.25, 0.3) is 5.91 Å². The molecule has 2 aliphatic rings. The number of hydrogen-bond donors (Lipinski definition) is 2. The fourth-order valence-corrected chi connectivity index (χ4v) is 5.01. The molecule has 2 N–H and O–H groups in total. The Morgan fingerprint density at radius 1 is 0.938 bits per heavy atom. The average Bonchev–Trinajstić information content (AvgIpc) is 3.19. The van der Waals surface area contributed by atoms with Gasteiger partial charge in [-0.05, 0) is 61.6 Å². The van der Waals surface area contributed by atoms with Crippen molar-refractivity contribution in [2.24, 2.45) is 5.92 Å². The van der Waals surface area contributed by atoms with Crippen LogP contribution >= 0.6 is 0 Å². The van der Waals surface area contributed by atoms with Crippen molar-refractivity contribution in [3.05, 3.63) is 54.1 Å². The number of carbonyl (C=O) groups is 3. The third kappa shape index (κ3) is 4.47. The summed E-state index contributed by atoms with van der Waals surface area (Å²) in [6.45, 7) is 1.45. The molecule has 32 heavy (non-hydrogen) atoms. The first-order valence-electron chi connectivity index (χ1n) is 11.1. The van der Waals surface area contributed by atoms with Crippen molar-refractivity contribution in [3.63, 3.8) is 0 Å². The number of likely N-dealkylation sites (tertiary alicyclic amines) is 1. The van der Waals surface area contributed by atoms with Crippen molar-refractivity contribution >= 4 is 29.1 Å². The molecule has 0 spiro atoms. The van der Waals surface area contributed by atoms with Crippen LogP contribution in [0, 0.1) is 5.92 Å². The Balaban J connectivity index is 1.57. The van der Waals surface area contributed by atoms with Crippen molar-refractivity contribution in [2.45, 2.75) is 51.1 Å². The molecule has 3 atom stereocenters. The predicted octanol–water partition coefficient (Wildman–Crippen LogP) is 4.07. The zero-order chi connectivity index (χ0) is 22.7. The molecule has 1 saturated heterocycles. The second-order valence-corrected chi connectivity index (χ2v) is 8.52. The van der Waals surface area contributed by atoms with E-state index in [4.69, 9.17) is 4.74 Å². The number of rotatable bonds is 5. The topological polar surface area (TPSA) is 87.7 Å². The van der Waals surface area contributed by atoms with E-state index >= 15 is 0 Å². The van der Waals surface area contributed by atoms with E-state index < -0.39 is 6.04 Å². The standard InChI is InChI=1S/C25H29N3O4/c1-16(29)26-18-11-13-19(14-12-18)27-24(30)22-15-17-7-3-5-9-21(17)28(22)25(31)20-8-4-6-10-23(20)32-2/h4,6,8,10-14,17,21-22H,3,5,7,9,15H2,1-2H3,(H,26,29)(H,27,30)/t17-,21+,22-/m0/s1. The summed E-state index contributed by atoms with van der Waals surface area (Å²) in [6.07, 6.45) is 4.82. The first kappa shape index (κ1) is 21.9. The van der Waals surface area contributed by atoms with Crippen LogP contribution in [0.25, 0.3) is 0 Å². The smallest absolute Gasteiger partial charge is 0.258 e.